The number of terminal acetylenes is 2. The van der Waals surface area contributed by atoms with Gasteiger partial charge in [0.1, 0.15) is 11.6 Å². The minimum absolute atomic E-state index is 0.0672. The topological polar surface area (TPSA) is 35.6 Å². The minimum atomic E-state index is -5.85. The van der Waals surface area contributed by atoms with E-state index < -0.39 is 28.9 Å². The molecule has 8 rings (SSSR count). The van der Waals surface area contributed by atoms with E-state index in [1.165, 1.54) is 12.1 Å². The van der Waals surface area contributed by atoms with Crippen molar-refractivity contribution in [3.05, 3.63) is 168 Å². The quantitative estimate of drug-likeness (QED) is 0.126. The Labute approximate surface area is 311 Å². The molecule has 0 atom stereocenters. The predicted octanol–water partition coefficient (Wildman–Crippen LogP) is 11.1. The van der Waals surface area contributed by atoms with Gasteiger partial charge in [-0.15, -0.1) is 12.8 Å². The maximum atomic E-state index is 15.6. The van der Waals surface area contributed by atoms with Crippen LogP contribution in [0.1, 0.15) is 22.3 Å². The van der Waals surface area contributed by atoms with Gasteiger partial charge in [-0.2, -0.15) is 26.3 Å². The standard InChI is InChI=1S/C45H26F6N4/c1-3-29-15-19-31(20-16-29)41-52-37-27-33(23-25-39(37)54(41)35-11-7-5-8-12-35)43(44(46,47)48,45(49,50)51)34-24-26-40-38(28-34)53-42(32-21-17-30(4-2)18-22-32)55(40)36-13-9-6-10-14-36/h1-2,5-28H. The number of fused-ring (bicyclic) bond motifs is 2. The molecule has 2 heterocycles. The highest BCUT2D eigenvalue weighted by Gasteiger charge is 2.72. The first kappa shape index (κ1) is 35.0. The van der Waals surface area contributed by atoms with Gasteiger partial charge in [-0.3, -0.25) is 9.13 Å². The molecule has 8 aromatic rings. The van der Waals surface area contributed by atoms with E-state index in [2.05, 4.69) is 21.8 Å². The highest BCUT2D eigenvalue weighted by atomic mass is 19.4. The monoisotopic (exact) mass is 736 g/mol. The Morgan fingerprint density at radius 3 is 1.15 bits per heavy atom. The number of hydrogen-bond donors (Lipinski definition) is 0. The van der Waals surface area contributed by atoms with Crippen molar-refractivity contribution in [1.82, 2.24) is 19.1 Å². The van der Waals surface area contributed by atoms with Crippen molar-refractivity contribution in [1.29, 1.82) is 0 Å². The van der Waals surface area contributed by atoms with Gasteiger partial charge in [0.15, 0.2) is 0 Å². The van der Waals surface area contributed by atoms with Crippen molar-refractivity contribution in [2.45, 2.75) is 17.8 Å². The summed E-state index contributed by atoms with van der Waals surface area (Å²) in [5.41, 5.74) is -2.55. The number of aromatic nitrogens is 4. The van der Waals surface area contributed by atoms with Crippen molar-refractivity contribution in [2.75, 3.05) is 0 Å². The Bertz CT molecular complexity index is 2590. The van der Waals surface area contributed by atoms with Crippen molar-refractivity contribution in [3.63, 3.8) is 0 Å². The molecule has 55 heavy (non-hydrogen) atoms. The average molecular weight is 737 g/mol. The second kappa shape index (κ2) is 13.1. The van der Waals surface area contributed by atoms with Gasteiger partial charge in [0.25, 0.3) is 0 Å². The van der Waals surface area contributed by atoms with Gasteiger partial charge in [0, 0.05) is 33.6 Å². The smallest absolute Gasteiger partial charge is 0.292 e. The Hall–Kier alpha value is -7.04. The first-order chi connectivity index (χ1) is 26.4. The molecular formula is C45H26F6N4. The number of imidazole rings is 2. The average Bonchev–Trinajstić information content (AvgIpc) is 3.76. The lowest BCUT2D eigenvalue weighted by Gasteiger charge is -2.38. The molecule has 0 fully saturated rings. The van der Waals surface area contributed by atoms with Crippen LogP contribution in [-0.2, 0) is 5.41 Å². The van der Waals surface area contributed by atoms with Crippen LogP contribution in [0.15, 0.2) is 146 Å². The molecule has 0 bridgehead atoms. The maximum Gasteiger partial charge on any atom is 0.411 e. The number of para-hydroxylation sites is 2. The van der Waals surface area contributed by atoms with Crippen molar-refractivity contribution >= 4 is 22.1 Å². The summed E-state index contributed by atoms with van der Waals surface area (Å²) >= 11 is 0. The summed E-state index contributed by atoms with van der Waals surface area (Å²) in [5.74, 6) is 5.68. The normalized spacial score (nSPS) is 12.1. The molecule has 0 aliphatic heterocycles. The van der Waals surface area contributed by atoms with Gasteiger partial charge >= 0.3 is 12.4 Å². The van der Waals surface area contributed by atoms with Crippen LogP contribution in [0.5, 0.6) is 0 Å². The Morgan fingerprint density at radius 1 is 0.455 bits per heavy atom. The first-order valence-electron chi connectivity index (χ1n) is 16.9. The van der Waals surface area contributed by atoms with Gasteiger partial charge in [-0.05, 0) is 83.9 Å². The maximum absolute atomic E-state index is 15.6. The van der Waals surface area contributed by atoms with E-state index in [0.717, 1.165) is 24.3 Å². The van der Waals surface area contributed by atoms with E-state index in [1.807, 2.05) is 0 Å². The fraction of sp³-hybridized carbons (Fsp3) is 0.0667. The van der Waals surface area contributed by atoms with Gasteiger partial charge in [0.05, 0.1) is 22.1 Å². The number of halogens is 6. The van der Waals surface area contributed by atoms with E-state index in [0.29, 0.717) is 56.3 Å². The SMILES string of the molecule is C#Cc1ccc(-c2nc3cc(C(c4ccc5c(c4)nc(-c4ccc(C#C)cc4)n5-c4ccccc4)(C(F)(F)F)C(F)(F)F)ccc3n2-c2ccccc2)cc1. The van der Waals surface area contributed by atoms with Crippen LogP contribution in [0.4, 0.5) is 26.3 Å². The van der Waals surface area contributed by atoms with Crippen molar-refractivity contribution in [2.24, 2.45) is 0 Å². The molecule has 0 saturated heterocycles. The lowest BCUT2D eigenvalue weighted by molar-refractivity contribution is -0.288. The van der Waals surface area contributed by atoms with E-state index in [-0.39, 0.29) is 11.0 Å². The summed E-state index contributed by atoms with van der Waals surface area (Å²) in [6, 6.07) is 37.3. The lowest BCUT2D eigenvalue weighted by atomic mass is 9.72. The van der Waals surface area contributed by atoms with Gasteiger partial charge in [0.2, 0.25) is 5.41 Å². The van der Waals surface area contributed by atoms with Crippen LogP contribution in [-0.4, -0.2) is 31.5 Å². The molecule has 268 valence electrons. The zero-order chi connectivity index (χ0) is 38.5. The minimum Gasteiger partial charge on any atom is -0.292 e. The number of hydrogen-bond acceptors (Lipinski definition) is 2. The molecule has 4 nitrogen and oxygen atoms in total. The number of nitrogens with zero attached hydrogens (tertiary/aromatic N) is 4. The second-order valence-corrected chi connectivity index (χ2v) is 12.8. The van der Waals surface area contributed by atoms with E-state index in [1.54, 1.807) is 118 Å². The van der Waals surface area contributed by atoms with E-state index in [4.69, 9.17) is 12.8 Å². The molecular weight excluding hydrogens is 711 g/mol. The summed E-state index contributed by atoms with van der Waals surface area (Å²) in [6.07, 6.45) is -0.632. The van der Waals surface area contributed by atoms with E-state index in [9.17, 15) is 0 Å². The molecule has 0 unspecified atom stereocenters. The number of benzene rings is 6. The summed E-state index contributed by atoms with van der Waals surface area (Å²) in [5, 5.41) is 0. The molecule has 10 heteroatoms. The van der Waals surface area contributed by atoms with Crippen LogP contribution in [0.2, 0.25) is 0 Å². The molecule has 0 amide bonds. The molecule has 2 aromatic heterocycles. The van der Waals surface area contributed by atoms with Crippen LogP contribution in [0, 0.1) is 24.7 Å². The Morgan fingerprint density at radius 2 is 0.818 bits per heavy atom. The zero-order valence-electron chi connectivity index (χ0n) is 28.6. The molecule has 0 spiro atoms. The Kier molecular flexibility index (Phi) is 8.35. The largest absolute Gasteiger partial charge is 0.411 e. The highest BCUT2D eigenvalue weighted by molar-refractivity contribution is 5.86. The van der Waals surface area contributed by atoms with Gasteiger partial charge < -0.3 is 0 Å². The van der Waals surface area contributed by atoms with Crippen LogP contribution < -0.4 is 0 Å². The third kappa shape index (κ3) is 5.71. The number of rotatable bonds is 6. The Balaban J connectivity index is 1.37. The first-order valence-corrected chi connectivity index (χ1v) is 16.9. The van der Waals surface area contributed by atoms with E-state index >= 15 is 26.3 Å². The molecule has 0 N–H and O–H groups in total. The highest BCUT2D eigenvalue weighted by Crippen LogP contribution is 2.57. The second-order valence-electron chi connectivity index (χ2n) is 12.8. The summed E-state index contributed by atoms with van der Waals surface area (Å²) in [7, 11) is 0. The fourth-order valence-corrected chi connectivity index (χ4v) is 7.10. The van der Waals surface area contributed by atoms with Crippen molar-refractivity contribution < 1.29 is 26.3 Å². The fourth-order valence-electron chi connectivity index (χ4n) is 7.10. The van der Waals surface area contributed by atoms with Crippen LogP contribution >= 0.6 is 0 Å². The summed E-state index contributed by atoms with van der Waals surface area (Å²) < 4.78 is 97.0. The predicted molar refractivity (Wildman–Crippen MR) is 202 cm³/mol. The summed E-state index contributed by atoms with van der Waals surface area (Å²) in [4.78, 5) is 9.28. The van der Waals surface area contributed by atoms with Crippen molar-refractivity contribution in [3.8, 4) is 58.8 Å². The van der Waals surface area contributed by atoms with Crippen LogP contribution in [0.3, 0.4) is 0 Å². The number of alkyl halides is 6. The van der Waals surface area contributed by atoms with Gasteiger partial charge in [-0.1, -0.05) is 84.6 Å². The summed E-state index contributed by atoms with van der Waals surface area (Å²) in [6.45, 7) is 0. The molecule has 0 aliphatic carbocycles. The third-order valence-electron chi connectivity index (χ3n) is 9.67. The molecule has 0 aliphatic rings. The molecule has 0 radical (unpaired) electrons. The lowest BCUT2D eigenvalue weighted by Crippen LogP contribution is -2.54. The van der Waals surface area contributed by atoms with Gasteiger partial charge in [-0.25, -0.2) is 9.97 Å². The van der Waals surface area contributed by atoms with Crippen LogP contribution in [0.25, 0.3) is 56.2 Å². The molecule has 6 aromatic carbocycles. The third-order valence-corrected chi connectivity index (χ3v) is 9.67. The zero-order valence-corrected chi connectivity index (χ0v) is 28.6. The molecule has 0 saturated carbocycles.